The first-order valence-corrected chi connectivity index (χ1v) is 3.81. The molecule has 0 aromatic heterocycles. The molecule has 0 saturated carbocycles. The third-order valence-electron chi connectivity index (χ3n) is 2.18. The average molecular weight is 128 g/mol. The molecule has 1 fully saturated rings. The van der Waals surface area contributed by atoms with E-state index in [-0.39, 0.29) is 0 Å². The van der Waals surface area contributed by atoms with Crippen LogP contribution in [0.1, 0.15) is 19.8 Å². The normalized spacial score (nSPS) is 30.7. The summed E-state index contributed by atoms with van der Waals surface area (Å²) in [4.78, 5) is 0. The summed E-state index contributed by atoms with van der Waals surface area (Å²) in [6.45, 7) is 4.45. The van der Waals surface area contributed by atoms with Crippen molar-refractivity contribution >= 4 is 0 Å². The summed E-state index contributed by atoms with van der Waals surface area (Å²) >= 11 is 0. The highest BCUT2D eigenvalue weighted by Crippen LogP contribution is 2.12. The van der Waals surface area contributed by atoms with Crippen molar-refractivity contribution < 1.29 is 0 Å². The highest BCUT2D eigenvalue weighted by atomic mass is 14.9. The Bertz CT molecular complexity index is 77.0. The quantitative estimate of drug-likeness (QED) is 0.562. The van der Waals surface area contributed by atoms with Crippen molar-refractivity contribution in [3.8, 4) is 0 Å². The molecule has 0 spiro atoms. The van der Waals surface area contributed by atoms with Gasteiger partial charge in [-0.3, -0.25) is 0 Å². The maximum absolute atomic E-state index is 5.84. The van der Waals surface area contributed by atoms with Crippen molar-refractivity contribution in [3.63, 3.8) is 0 Å². The van der Waals surface area contributed by atoms with Crippen molar-refractivity contribution in [3.05, 3.63) is 0 Å². The van der Waals surface area contributed by atoms with Gasteiger partial charge in [-0.1, -0.05) is 6.92 Å². The molecular formula is C7H16N2. The van der Waals surface area contributed by atoms with Gasteiger partial charge in [0.05, 0.1) is 0 Å². The molecule has 0 unspecified atom stereocenters. The van der Waals surface area contributed by atoms with Crippen LogP contribution in [0.25, 0.3) is 0 Å². The van der Waals surface area contributed by atoms with Gasteiger partial charge in [0.25, 0.3) is 0 Å². The Morgan fingerprint density at radius 1 is 1.78 bits per heavy atom. The van der Waals surface area contributed by atoms with Gasteiger partial charge in [0.1, 0.15) is 0 Å². The zero-order chi connectivity index (χ0) is 6.69. The van der Waals surface area contributed by atoms with Gasteiger partial charge in [-0.25, -0.2) is 0 Å². The van der Waals surface area contributed by atoms with E-state index in [4.69, 9.17) is 5.73 Å². The number of hydrogen-bond donors (Lipinski definition) is 2. The van der Waals surface area contributed by atoms with Crippen molar-refractivity contribution in [1.29, 1.82) is 0 Å². The van der Waals surface area contributed by atoms with Gasteiger partial charge in [-0.2, -0.15) is 0 Å². The van der Waals surface area contributed by atoms with Crippen molar-refractivity contribution in [1.82, 2.24) is 5.32 Å². The first-order chi connectivity index (χ1) is 4.34. The Balaban J connectivity index is 2.24. The molecule has 54 valence electrons. The Morgan fingerprint density at radius 3 is 3.00 bits per heavy atom. The maximum atomic E-state index is 5.84. The van der Waals surface area contributed by atoms with E-state index in [0.717, 1.165) is 18.9 Å². The molecule has 0 bridgehead atoms. The van der Waals surface area contributed by atoms with Gasteiger partial charge < -0.3 is 11.1 Å². The molecule has 0 radical (unpaired) electrons. The highest BCUT2D eigenvalue weighted by Gasteiger charge is 2.19. The smallest absolute Gasteiger partial charge is 0.00771 e. The molecule has 1 aliphatic rings. The lowest BCUT2D eigenvalue weighted by Gasteiger charge is -2.14. The van der Waals surface area contributed by atoms with Crippen LogP contribution in [0, 0.1) is 5.92 Å². The van der Waals surface area contributed by atoms with E-state index in [1.165, 1.54) is 13.0 Å². The van der Waals surface area contributed by atoms with Crippen LogP contribution >= 0.6 is 0 Å². The zero-order valence-corrected chi connectivity index (χ0v) is 6.06. The van der Waals surface area contributed by atoms with Gasteiger partial charge in [0, 0.05) is 6.04 Å². The molecule has 2 atom stereocenters. The molecule has 2 heteroatoms. The topological polar surface area (TPSA) is 38.0 Å². The lowest BCUT2D eigenvalue weighted by atomic mass is 9.98. The summed E-state index contributed by atoms with van der Waals surface area (Å²) in [6, 6.07) is 0.431. The van der Waals surface area contributed by atoms with Crippen LogP contribution in [0.5, 0.6) is 0 Å². The van der Waals surface area contributed by atoms with Crippen LogP contribution in [-0.2, 0) is 0 Å². The lowest BCUT2D eigenvalue weighted by Crippen LogP contribution is -2.30. The highest BCUT2D eigenvalue weighted by molar-refractivity contribution is 4.79. The monoisotopic (exact) mass is 128 g/mol. The molecule has 0 aliphatic carbocycles. The molecule has 1 aliphatic heterocycles. The maximum Gasteiger partial charge on any atom is 0.00771 e. The van der Waals surface area contributed by atoms with Gasteiger partial charge in [-0.05, 0) is 31.8 Å². The Hall–Kier alpha value is -0.0800. The number of nitrogens with one attached hydrogen (secondary N) is 1. The van der Waals surface area contributed by atoms with Crippen LogP contribution in [0.4, 0.5) is 0 Å². The molecule has 1 heterocycles. The molecule has 0 aromatic carbocycles. The minimum absolute atomic E-state index is 0.431. The second-order valence-electron chi connectivity index (χ2n) is 2.82. The van der Waals surface area contributed by atoms with E-state index in [9.17, 15) is 0 Å². The number of hydrogen-bond acceptors (Lipinski definition) is 2. The summed E-state index contributed by atoms with van der Waals surface area (Å²) in [5, 5.41) is 3.31. The van der Waals surface area contributed by atoms with Crippen LogP contribution in [0.15, 0.2) is 0 Å². The third kappa shape index (κ3) is 1.66. The third-order valence-corrected chi connectivity index (χ3v) is 2.18. The Labute approximate surface area is 56.8 Å². The molecule has 9 heavy (non-hydrogen) atoms. The van der Waals surface area contributed by atoms with Crippen molar-refractivity contribution in [2.45, 2.75) is 25.8 Å². The average Bonchev–Trinajstić information content (AvgIpc) is 2.37. The van der Waals surface area contributed by atoms with Gasteiger partial charge in [0.2, 0.25) is 0 Å². The summed E-state index contributed by atoms with van der Waals surface area (Å²) in [5.41, 5.74) is 5.84. The molecular weight excluding hydrogens is 112 g/mol. The first kappa shape index (κ1) is 7.03. The van der Waals surface area contributed by atoms with Gasteiger partial charge in [0.15, 0.2) is 0 Å². The van der Waals surface area contributed by atoms with Crippen molar-refractivity contribution in [2.75, 3.05) is 13.1 Å². The predicted octanol–water partition coefficient (Wildman–Crippen LogP) is 0.333. The lowest BCUT2D eigenvalue weighted by molar-refractivity contribution is 0.444. The summed E-state index contributed by atoms with van der Waals surface area (Å²) in [7, 11) is 0. The summed E-state index contributed by atoms with van der Waals surface area (Å²) in [5.74, 6) is 0.745. The first-order valence-electron chi connectivity index (χ1n) is 3.81. The molecule has 1 saturated heterocycles. The molecule has 3 N–H and O–H groups in total. The van der Waals surface area contributed by atoms with E-state index < -0.39 is 0 Å². The molecule has 0 amide bonds. The van der Waals surface area contributed by atoms with E-state index in [1.54, 1.807) is 0 Å². The predicted molar refractivity (Wildman–Crippen MR) is 39.2 cm³/mol. The minimum atomic E-state index is 0.431. The fraction of sp³-hybridized carbons (Fsp3) is 1.00. The fourth-order valence-corrected chi connectivity index (χ4v) is 1.38. The Kier molecular flexibility index (Phi) is 2.49. The van der Waals surface area contributed by atoms with E-state index in [2.05, 4.69) is 12.2 Å². The van der Waals surface area contributed by atoms with Crippen LogP contribution < -0.4 is 11.1 Å². The summed E-state index contributed by atoms with van der Waals surface area (Å²) < 4.78 is 0. The van der Waals surface area contributed by atoms with Crippen LogP contribution in [-0.4, -0.2) is 19.1 Å². The largest absolute Gasteiger partial charge is 0.327 e. The number of nitrogens with two attached hydrogens (primary N) is 1. The SMILES string of the molecule is CC[C@@H](N)[C@@H]1CCNC1. The second-order valence-corrected chi connectivity index (χ2v) is 2.82. The number of rotatable bonds is 2. The van der Waals surface area contributed by atoms with E-state index >= 15 is 0 Å². The van der Waals surface area contributed by atoms with Crippen LogP contribution in [0.3, 0.4) is 0 Å². The minimum Gasteiger partial charge on any atom is -0.327 e. The van der Waals surface area contributed by atoms with Crippen molar-refractivity contribution in [2.24, 2.45) is 11.7 Å². The zero-order valence-electron chi connectivity index (χ0n) is 6.06. The Morgan fingerprint density at radius 2 is 2.56 bits per heavy atom. The van der Waals surface area contributed by atoms with E-state index in [1.807, 2.05) is 0 Å². The molecule has 0 aromatic rings. The standard InChI is InChI=1S/C7H16N2/c1-2-7(8)6-3-4-9-5-6/h6-7,9H,2-5,8H2,1H3/t6-,7-/m1/s1. The van der Waals surface area contributed by atoms with Crippen LogP contribution in [0.2, 0.25) is 0 Å². The van der Waals surface area contributed by atoms with Gasteiger partial charge in [-0.15, -0.1) is 0 Å². The molecule has 1 rings (SSSR count). The summed E-state index contributed by atoms with van der Waals surface area (Å²) in [6.07, 6.45) is 2.39. The second kappa shape index (κ2) is 3.18. The molecule has 2 nitrogen and oxygen atoms in total. The van der Waals surface area contributed by atoms with E-state index in [0.29, 0.717) is 6.04 Å². The fourth-order valence-electron chi connectivity index (χ4n) is 1.38. The van der Waals surface area contributed by atoms with Gasteiger partial charge >= 0.3 is 0 Å².